The number of fused-ring (bicyclic) bond motifs is 1. The zero-order chi connectivity index (χ0) is 17.2. The van der Waals surface area contributed by atoms with Gasteiger partial charge < -0.3 is 9.72 Å². The van der Waals surface area contributed by atoms with Crippen LogP contribution in [0.2, 0.25) is 0 Å². The zero-order valence-electron chi connectivity index (χ0n) is 14.3. The fourth-order valence-electron chi connectivity index (χ4n) is 3.01. The van der Waals surface area contributed by atoms with E-state index in [4.69, 9.17) is 4.74 Å². The molecular formula is C21H19N3O. The molecule has 4 heteroatoms. The Kier molecular flexibility index (Phi) is 4.04. The number of ether oxygens (including phenoxy) is 1. The predicted molar refractivity (Wildman–Crippen MR) is 100 cm³/mol. The lowest BCUT2D eigenvalue weighted by molar-refractivity contribution is 0.181. The van der Waals surface area contributed by atoms with Crippen molar-refractivity contribution in [3.63, 3.8) is 0 Å². The van der Waals surface area contributed by atoms with Crippen molar-refractivity contribution in [1.29, 1.82) is 0 Å². The van der Waals surface area contributed by atoms with Crippen molar-refractivity contribution in [3.05, 3.63) is 72.3 Å². The fourth-order valence-corrected chi connectivity index (χ4v) is 3.01. The third-order valence-corrected chi connectivity index (χ3v) is 4.28. The zero-order valence-corrected chi connectivity index (χ0v) is 14.3. The number of aryl methyl sites for hydroxylation is 1. The Morgan fingerprint density at radius 1 is 0.920 bits per heavy atom. The van der Waals surface area contributed by atoms with E-state index in [0.717, 1.165) is 39.3 Å². The van der Waals surface area contributed by atoms with Crippen LogP contribution in [0.15, 0.2) is 60.9 Å². The number of pyridine rings is 2. The SMILES string of the molecule is COCc1ccc(-c2ccc3[nH]c(-c4ccnc(C)c4)cc3c2)cn1. The van der Waals surface area contributed by atoms with Crippen molar-refractivity contribution in [1.82, 2.24) is 15.0 Å². The van der Waals surface area contributed by atoms with Crippen LogP contribution >= 0.6 is 0 Å². The van der Waals surface area contributed by atoms with Crippen LogP contribution in [0, 0.1) is 6.92 Å². The summed E-state index contributed by atoms with van der Waals surface area (Å²) in [5.74, 6) is 0. The van der Waals surface area contributed by atoms with E-state index < -0.39 is 0 Å². The lowest BCUT2D eigenvalue weighted by Gasteiger charge is -2.03. The van der Waals surface area contributed by atoms with Crippen molar-refractivity contribution >= 4 is 10.9 Å². The largest absolute Gasteiger partial charge is 0.378 e. The maximum atomic E-state index is 5.11. The molecule has 124 valence electrons. The van der Waals surface area contributed by atoms with Gasteiger partial charge in [-0.05, 0) is 48.9 Å². The Morgan fingerprint density at radius 2 is 1.80 bits per heavy atom. The fraction of sp³-hybridized carbons (Fsp3) is 0.143. The molecule has 0 radical (unpaired) electrons. The van der Waals surface area contributed by atoms with Gasteiger partial charge in [0.25, 0.3) is 0 Å². The molecule has 0 saturated heterocycles. The molecule has 0 aliphatic carbocycles. The van der Waals surface area contributed by atoms with Crippen LogP contribution in [0.3, 0.4) is 0 Å². The second-order valence-corrected chi connectivity index (χ2v) is 6.14. The molecule has 0 fully saturated rings. The number of hydrogen-bond donors (Lipinski definition) is 1. The highest BCUT2D eigenvalue weighted by molar-refractivity contribution is 5.89. The quantitative estimate of drug-likeness (QED) is 0.588. The average Bonchev–Trinajstić information content (AvgIpc) is 3.06. The first-order valence-electron chi connectivity index (χ1n) is 8.23. The molecular weight excluding hydrogens is 310 g/mol. The standard InChI is InChI=1S/C21H19N3O/c1-14-9-16(7-8-22-14)21-11-18-10-15(4-6-20(18)24-21)17-3-5-19(13-25-2)23-12-17/h3-12,24H,13H2,1-2H3. The third kappa shape index (κ3) is 3.16. The van der Waals surface area contributed by atoms with Crippen molar-refractivity contribution in [3.8, 4) is 22.4 Å². The number of nitrogens with zero attached hydrogens (tertiary/aromatic N) is 2. The molecule has 1 N–H and O–H groups in total. The van der Waals surface area contributed by atoms with Gasteiger partial charge in [0.05, 0.1) is 12.3 Å². The van der Waals surface area contributed by atoms with Gasteiger partial charge in [-0.2, -0.15) is 0 Å². The summed E-state index contributed by atoms with van der Waals surface area (Å²) in [6.07, 6.45) is 3.74. The molecule has 4 aromatic rings. The number of methoxy groups -OCH3 is 1. The number of H-pyrrole nitrogens is 1. The molecule has 3 aromatic heterocycles. The van der Waals surface area contributed by atoms with Gasteiger partial charge in [0.15, 0.2) is 0 Å². The minimum atomic E-state index is 0.534. The van der Waals surface area contributed by atoms with Gasteiger partial charge in [-0.1, -0.05) is 12.1 Å². The van der Waals surface area contributed by atoms with Gasteiger partial charge >= 0.3 is 0 Å². The molecule has 0 unspecified atom stereocenters. The second kappa shape index (κ2) is 6.49. The highest BCUT2D eigenvalue weighted by Crippen LogP contribution is 2.28. The number of aromatic nitrogens is 3. The molecule has 0 spiro atoms. The third-order valence-electron chi connectivity index (χ3n) is 4.28. The monoisotopic (exact) mass is 329 g/mol. The molecule has 0 amide bonds. The van der Waals surface area contributed by atoms with E-state index in [-0.39, 0.29) is 0 Å². The van der Waals surface area contributed by atoms with E-state index in [1.165, 1.54) is 5.39 Å². The Morgan fingerprint density at radius 3 is 2.56 bits per heavy atom. The van der Waals surface area contributed by atoms with Crippen molar-refractivity contribution in [2.75, 3.05) is 7.11 Å². The van der Waals surface area contributed by atoms with Crippen LogP contribution in [-0.4, -0.2) is 22.1 Å². The lowest BCUT2D eigenvalue weighted by atomic mass is 10.1. The van der Waals surface area contributed by atoms with E-state index in [9.17, 15) is 0 Å². The highest BCUT2D eigenvalue weighted by atomic mass is 16.5. The van der Waals surface area contributed by atoms with Gasteiger partial charge in [-0.15, -0.1) is 0 Å². The lowest BCUT2D eigenvalue weighted by Crippen LogP contribution is -1.91. The van der Waals surface area contributed by atoms with E-state index in [2.05, 4.69) is 51.4 Å². The molecule has 0 aliphatic rings. The van der Waals surface area contributed by atoms with Crippen LogP contribution in [-0.2, 0) is 11.3 Å². The first kappa shape index (κ1) is 15.5. The average molecular weight is 329 g/mol. The summed E-state index contributed by atoms with van der Waals surface area (Å²) < 4.78 is 5.11. The molecule has 0 bridgehead atoms. The number of benzene rings is 1. The topological polar surface area (TPSA) is 50.8 Å². The molecule has 4 nitrogen and oxygen atoms in total. The molecule has 0 aliphatic heterocycles. The van der Waals surface area contributed by atoms with Gasteiger partial charge in [0, 0.05) is 52.9 Å². The summed E-state index contributed by atoms with van der Waals surface area (Å²) in [5, 5.41) is 1.18. The Labute approximate surface area is 146 Å². The molecule has 3 heterocycles. The van der Waals surface area contributed by atoms with Gasteiger partial charge in [0.2, 0.25) is 0 Å². The summed E-state index contributed by atoms with van der Waals surface area (Å²) in [4.78, 5) is 12.2. The first-order chi connectivity index (χ1) is 12.2. The first-order valence-corrected chi connectivity index (χ1v) is 8.23. The maximum absolute atomic E-state index is 5.11. The van der Waals surface area contributed by atoms with Crippen molar-refractivity contribution in [2.45, 2.75) is 13.5 Å². The summed E-state index contributed by atoms with van der Waals surface area (Å²) in [6.45, 7) is 2.54. The Balaban J connectivity index is 1.70. The summed E-state index contributed by atoms with van der Waals surface area (Å²) in [6, 6.07) is 16.8. The molecule has 0 saturated carbocycles. The number of aromatic amines is 1. The summed E-state index contributed by atoms with van der Waals surface area (Å²) in [7, 11) is 1.68. The predicted octanol–water partition coefficient (Wildman–Crippen LogP) is 4.75. The number of nitrogens with one attached hydrogen (secondary N) is 1. The molecule has 0 atom stereocenters. The van der Waals surface area contributed by atoms with E-state index >= 15 is 0 Å². The second-order valence-electron chi connectivity index (χ2n) is 6.14. The van der Waals surface area contributed by atoms with Gasteiger partial charge in [-0.25, -0.2) is 0 Å². The van der Waals surface area contributed by atoms with Crippen LogP contribution in [0.4, 0.5) is 0 Å². The van der Waals surface area contributed by atoms with E-state index in [1.54, 1.807) is 7.11 Å². The number of hydrogen-bond acceptors (Lipinski definition) is 3. The highest BCUT2D eigenvalue weighted by Gasteiger charge is 2.06. The van der Waals surface area contributed by atoms with E-state index in [0.29, 0.717) is 6.61 Å². The summed E-state index contributed by atoms with van der Waals surface area (Å²) >= 11 is 0. The minimum absolute atomic E-state index is 0.534. The van der Waals surface area contributed by atoms with Crippen LogP contribution in [0.25, 0.3) is 33.3 Å². The Bertz CT molecular complexity index is 1020. The smallest absolute Gasteiger partial charge is 0.0884 e. The van der Waals surface area contributed by atoms with Crippen molar-refractivity contribution < 1.29 is 4.74 Å². The maximum Gasteiger partial charge on any atom is 0.0884 e. The number of rotatable bonds is 4. The van der Waals surface area contributed by atoms with Crippen LogP contribution in [0.1, 0.15) is 11.4 Å². The van der Waals surface area contributed by atoms with Gasteiger partial charge in [0.1, 0.15) is 0 Å². The van der Waals surface area contributed by atoms with Crippen LogP contribution in [0.5, 0.6) is 0 Å². The normalized spacial score (nSPS) is 11.1. The van der Waals surface area contributed by atoms with E-state index in [1.807, 2.05) is 31.5 Å². The van der Waals surface area contributed by atoms with Crippen LogP contribution < -0.4 is 0 Å². The van der Waals surface area contributed by atoms with Gasteiger partial charge in [-0.3, -0.25) is 9.97 Å². The Hall–Kier alpha value is -2.98. The molecule has 4 rings (SSSR count). The minimum Gasteiger partial charge on any atom is -0.378 e. The molecule has 1 aromatic carbocycles. The van der Waals surface area contributed by atoms with Crippen molar-refractivity contribution in [2.24, 2.45) is 0 Å². The molecule has 25 heavy (non-hydrogen) atoms. The summed E-state index contributed by atoms with van der Waals surface area (Å²) in [5.41, 5.74) is 7.58.